The Bertz CT molecular complexity index is 470. The predicted molar refractivity (Wildman–Crippen MR) is 76.3 cm³/mol. The average molecular weight is 284 g/mol. The summed E-state index contributed by atoms with van der Waals surface area (Å²) in [6, 6.07) is 0.363. The summed E-state index contributed by atoms with van der Waals surface area (Å²) in [6.07, 6.45) is 4.17. The molecule has 1 aliphatic rings. The average Bonchev–Trinajstić information content (AvgIpc) is 2.57. The highest BCUT2D eigenvalue weighted by Gasteiger charge is 2.25. The summed E-state index contributed by atoms with van der Waals surface area (Å²) in [7, 11) is 1.86. The highest BCUT2D eigenvalue weighted by molar-refractivity contribution is 6.30. The van der Waals surface area contributed by atoms with E-state index in [2.05, 4.69) is 10.00 Å². The zero-order chi connectivity index (χ0) is 14.0. The molecule has 0 spiro atoms. The SMILES string of the molecule is CC(=O)CC1CCCCN1Cc1c(C)nn(C)c1Cl. The topological polar surface area (TPSA) is 38.1 Å². The molecule has 0 radical (unpaired) electrons. The van der Waals surface area contributed by atoms with Crippen molar-refractivity contribution in [1.29, 1.82) is 0 Å². The van der Waals surface area contributed by atoms with E-state index in [1.165, 1.54) is 12.8 Å². The molecule has 0 bridgehead atoms. The third-order valence-corrected chi connectivity index (χ3v) is 4.38. The van der Waals surface area contributed by atoms with Crippen LogP contribution in [0, 0.1) is 6.92 Å². The number of piperidine rings is 1. The van der Waals surface area contributed by atoms with E-state index < -0.39 is 0 Å². The Hall–Kier alpha value is -0.870. The van der Waals surface area contributed by atoms with Gasteiger partial charge in [-0.25, -0.2) is 0 Å². The first-order valence-corrected chi connectivity index (χ1v) is 7.28. The van der Waals surface area contributed by atoms with E-state index in [0.717, 1.165) is 30.8 Å². The second kappa shape index (κ2) is 6.06. The van der Waals surface area contributed by atoms with Crippen molar-refractivity contribution >= 4 is 17.4 Å². The number of rotatable bonds is 4. The first-order valence-electron chi connectivity index (χ1n) is 6.90. The van der Waals surface area contributed by atoms with E-state index in [4.69, 9.17) is 11.6 Å². The number of ketones is 1. The van der Waals surface area contributed by atoms with Gasteiger partial charge in [0.2, 0.25) is 0 Å². The molecule has 0 N–H and O–H groups in total. The van der Waals surface area contributed by atoms with Gasteiger partial charge in [0.1, 0.15) is 10.9 Å². The lowest BCUT2D eigenvalue weighted by atomic mass is 9.97. The molecule has 1 aromatic heterocycles. The molecule has 5 heteroatoms. The maximum Gasteiger partial charge on any atom is 0.131 e. The second-order valence-electron chi connectivity index (χ2n) is 5.50. The number of likely N-dealkylation sites (tertiary alicyclic amines) is 1. The summed E-state index contributed by atoms with van der Waals surface area (Å²) in [5.74, 6) is 0.269. The van der Waals surface area contributed by atoms with Crippen LogP contribution in [0.3, 0.4) is 0 Å². The van der Waals surface area contributed by atoms with Crippen LogP contribution >= 0.6 is 11.6 Å². The third-order valence-electron chi connectivity index (χ3n) is 3.90. The Labute approximate surface area is 119 Å². The van der Waals surface area contributed by atoms with E-state index in [-0.39, 0.29) is 5.78 Å². The van der Waals surface area contributed by atoms with Crippen molar-refractivity contribution in [3.63, 3.8) is 0 Å². The van der Waals surface area contributed by atoms with Crippen molar-refractivity contribution in [3.8, 4) is 0 Å². The molecule has 1 fully saturated rings. The molecule has 2 rings (SSSR count). The van der Waals surface area contributed by atoms with Crippen LogP contribution in [0.4, 0.5) is 0 Å². The minimum absolute atomic E-state index is 0.269. The standard InChI is InChI=1S/C14H22ClN3O/c1-10(19)8-12-6-4-5-7-18(12)9-13-11(2)16-17(3)14(13)15/h12H,4-9H2,1-3H3. The zero-order valence-electron chi connectivity index (χ0n) is 11.9. The van der Waals surface area contributed by atoms with Gasteiger partial charge in [0, 0.05) is 31.6 Å². The first-order chi connectivity index (χ1) is 8.99. The van der Waals surface area contributed by atoms with Gasteiger partial charge in [0.25, 0.3) is 0 Å². The molecule has 1 atom stereocenters. The van der Waals surface area contributed by atoms with Crippen LogP contribution in [0.2, 0.25) is 5.15 Å². The highest BCUT2D eigenvalue weighted by atomic mass is 35.5. The van der Waals surface area contributed by atoms with Crippen LogP contribution in [0.5, 0.6) is 0 Å². The fraction of sp³-hybridized carbons (Fsp3) is 0.714. The van der Waals surface area contributed by atoms with E-state index in [1.54, 1.807) is 11.6 Å². The Morgan fingerprint density at radius 2 is 2.21 bits per heavy atom. The number of aromatic nitrogens is 2. The van der Waals surface area contributed by atoms with Gasteiger partial charge in [0.05, 0.1) is 5.69 Å². The molecule has 0 aromatic carbocycles. The Morgan fingerprint density at radius 1 is 1.47 bits per heavy atom. The second-order valence-corrected chi connectivity index (χ2v) is 5.86. The number of carbonyl (C=O) groups excluding carboxylic acids is 1. The summed E-state index contributed by atoms with van der Waals surface area (Å²) in [4.78, 5) is 13.8. The molecule has 1 unspecified atom stereocenters. The van der Waals surface area contributed by atoms with Gasteiger partial charge in [-0.2, -0.15) is 5.10 Å². The van der Waals surface area contributed by atoms with E-state index in [0.29, 0.717) is 17.6 Å². The van der Waals surface area contributed by atoms with E-state index >= 15 is 0 Å². The highest BCUT2D eigenvalue weighted by Crippen LogP contribution is 2.26. The Kier molecular flexibility index (Phi) is 4.63. The van der Waals surface area contributed by atoms with Crippen LogP contribution in [-0.4, -0.2) is 33.1 Å². The quantitative estimate of drug-likeness (QED) is 0.853. The summed E-state index contributed by atoms with van der Waals surface area (Å²) < 4.78 is 1.72. The smallest absolute Gasteiger partial charge is 0.131 e. The fourth-order valence-corrected chi connectivity index (χ4v) is 3.12. The molecule has 1 saturated heterocycles. The van der Waals surface area contributed by atoms with Gasteiger partial charge in [-0.05, 0) is 33.2 Å². The van der Waals surface area contributed by atoms with Gasteiger partial charge in [0.15, 0.2) is 0 Å². The molecule has 1 aromatic rings. The van der Waals surface area contributed by atoms with Crippen LogP contribution < -0.4 is 0 Å². The number of nitrogens with zero attached hydrogens (tertiary/aromatic N) is 3. The van der Waals surface area contributed by atoms with E-state index in [1.807, 2.05) is 14.0 Å². The van der Waals surface area contributed by atoms with Crippen molar-refractivity contribution in [1.82, 2.24) is 14.7 Å². The molecular weight excluding hydrogens is 262 g/mol. The molecule has 0 saturated carbocycles. The fourth-order valence-electron chi connectivity index (χ4n) is 2.89. The monoisotopic (exact) mass is 283 g/mol. The van der Waals surface area contributed by atoms with Crippen molar-refractivity contribution in [2.75, 3.05) is 6.54 Å². The van der Waals surface area contributed by atoms with Gasteiger partial charge in [-0.15, -0.1) is 0 Å². The first kappa shape index (κ1) is 14.5. The minimum Gasteiger partial charge on any atom is -0.300 e. The normalized spacial score (nSPS) is 20.7. The largest absolute Gasteiger partial charge is 0.300 e. The van der Waals surface area contributed by atoms with Crippen molar-refractivity contribution in [2.24, 2.45) is 7.05 Å². The van der Waals surface area contributed by atoms with Gasteiger partial charge in [-0.3, -0.25) is 14.4 Å². The van der Waals surface area contributed by atoms with Gasteiger partial charge in [-0.1, -0.05) is 18.0 Å². The lowest BCUT2D eigenvalue weighted by Crippen LogP contribution is -2.40. The Balaban J connectivity index is 2.12. The van der Waals surface area contributed by atoms with Crippen molar-refractivity contribution in [3.05, 3.63) is 16.4 Å². The molecule has 1 aliphatic heterocycles. The van der Waals surface area contributed by atoms with Crippen molar-refractivity contribution in [2.45, 2.75) is 52.1 Å². The zero-order valence-corrected chi connectivity index (χ0v) is 12.7. The van der Waals surface area contributed by atoms with E-state index in [9.17, 15) is 4.79 Å². The number of aryl methyl sites for hydroxylation is 2. The molecule has 19 heavy (non-hydrogen) atoms. The van der Waals surface area contributed by atoms with Crippen LogP contribution in [0.15, 0.2) is 0 Å². The van der Waals surface area contributed by atoms with Crippen LogP contribution in [0.1, 0.15) is 43.9 Å². The molecule has 0 amide bonds. The number of halogens is 1. The lowest BCUT2D eigenvalue weighted by Gasteiger charge is -2.35. The maximum absolute atomic E-state index is 11.4. The lowest BCUT2D eigenvalue weighted by molar-refractivity contribution is -0.118. The summed E-state index contributed by atoms with van der Waals surface area (Å²) in [5.41, 5.74) is 2.08. The number of Topliss-reactive ketones (excluding diaryl/α,β-unsaturated/α-hetero) is 1. The van der Waals surface area contributed by atoms with Crippen LogP contribution in [-0.2, 0) is 18.4 Å². The van der Waals surface area contributed by atoms with Gasteiger partial charge < -0.3 is 0 Å². The van der Waals surface area contributed by atoms with Gasteiger partial charge >= 0.3 is 0 Å². The van der Waals surface area contributed by atoms with Crippen LogP contribution in [0.25, 0.3) is 0 Å². The molecule has 2 heterocycles. The predicted octanol–water partition coefficient (Wildman–Crippen LogP) is 2.72. The third kappa shape index (κ3) is 3.37. The summed E-state index contributed by atoms with van der Waals surface area (Å²) in [6.45, 7) is 5.51. The Morgan fingerprint density at radius 3 is 2.79 bits per heavy atom. The minimum atomic E-state index is 0.269. The molecule has 4 nitrogen and oxygen atoms in total. The number of hydrogen-bond acceptors (Lipinski definition) is 3. The summed E-state index contributed by atoms with van der Waals surface area (Å²) >= 11 is 6.29. The molecule has 0 aliphatic carbocycles. The molecular formula is C14H22ClN3O. The summed E-state index contributed by atoms with van der Waals surface area (Å²) in [5, 5.41) is 5.07. The number of hydrogen-bond donors (Lipinski definition) is 0. The number of carbonyl (C=O) groups is 1. The van der Waals surface area contributed by atoms with Crippen molar-refractivity contribution < 1.29 is 4.79 Å². The maximum atomic E-state index is 11.4. The molecule has 106 valence electrons.